The molecular formula is C16H24N2O4. The molecule has 0 atom stereocenters. The Hall–Kier alpha value is -1.79. The van der Waals surface area contributed by atoms with Crippen molar-refractivity contribution < 1.29 is 19.0 Å². The molecule has 1 aromatic rings. The normalized spacial score (nSPS) is 15.4. The van der Waals surface area contributed by atoms with E-state index in [-0.39, 0.29) is 11.9 Å². The zero-order valence-corrected chi connectivity index (χ0v) is 13.0. The summed E-state index contributed by atoms with van der Waals surface area (Å²) in [6, 6.07) is 5.38. The number of methoxy groups -OCH3 is 1. The summed E-state index contributed by atoms with van der Waals surface area (Å²) < 4.78 is 16.2. The average molecular weight is 308 g/mol. The van der Waals surface area contributed by atoms with E-state index in [1.165, 1.54) is 0 Å². The van der Waals surface area contributed by atoms with E-state index in [0.29, 0.717) is 43.4 Å². The Kier molecular flexibility index (Phi) is 6.48. The van der Waals surface area contributed by atoms with E-state index in [1.807, 2.05) is 0 Å². The van der Waals surface area contributed by atoms with Crippen molar-refractivity contribution in [2.45, 2.75) is 25.3 Å². The van der Waals surface area contributed by atoms with Gasteiger partial charge in [0.05, 0.1) is 19.3 Å². The second-order valence-corrected chi connectivity index (χ2v) is 5.21. The maximum absolute atomic E-state index is 12.5. The first-order valence-electron chi connectivity index (χ1n) is 7.64. The standard InChI is InChI=1S/C16H24N2O4/c1-20-13-3-4-15(22-8-2-7-17)14(11-13)16(19)18-12-5-9-21-10-6-12/h3-4,11-12H,2,5-10,17H2,1H3,(H,18,19). The minimum absolute atomic E-state index is 0.143. The first-order chi connectivity index (χ1) is 10.7. The zero-order chi connectivity index (χ0) is 15.8. The SMILES string of the molecule is COc1ccc(OCCCN)c(C(=O)NC2CCOCC2)c1. The van der Waals surface area contributed by atoms with Gasteiger partial charge < -0.3 is 25.3 Å². The molecule has 0 saturated carbocycles. The van der Waals surface area contributed by atoms with Gasteiger partial charge >= 0.3 is 0 Å². The molecule has 0 aromatic heterocycles. The third-order valence-electron chi connectivity index (χ3n) is 3.59. The minimum Gasteiger partial charge on any atom is -0.497 e. The monoisotopic (exact) mass is 308 g/mol. The van der Waals surface area contributed by atoms with Crippen LogP contribution in [0.4, 0.5) is 0 Å². The molecule has 1 aliphatic heterocycles. The van der Waals surface area contributed by atoms with Crippen LogP contribution in [0.25, 0.3) is 0 Å². The molecule has 0 unspecified atom stereocenters. The molecule has 0 radical (unpaired) electrons. The minimum atomic E-state index is -0.145. The summed E-state index contributed by atoms with van der Waals surface area (Å²) in [6.07, 6.45) is 2.41. The lowest BCUT2D eigenvalue weighted by molar-refractivity contribution is 0.0694. The fraction of sp³-hybridized carbons (Fsp3) is 0.562. The largest absolute Gasteiger partial charge is 0.497 e. The van der Waals surface area contributed by atoms with Crippen molar-refractivity contribution in [2.24, 2.45) is 5.73 Å². The molecule has 1 amide bonds. The second-order valence-electron chi connectivity index (χ2n) is 5.21. The highest BCUT2D eigenvalue weighted by Crippen LogP contribution is 2.25. The molecule has 0 spiro atoms. The molecule has 2 rings (SSSR count). The van der Waals surface area contributed by atoms with Crippen LogP contribution >= 0.6 is 0 Å². The lowest BCUT2D eigenvalue weighted by atomic mass is 10.1. The number of nitrogens with two attached hydrogens (primary N) is 1. The predicted octanol–water partition coefficient (Wildman–Crippen LogP) is 1.33. The number of nitrogens with one attached hydrogen (secondary N) is 1. The van der Waals surface area contributed by atoms with Crippen molar-refractivity contribution in [1.82, 2.24) is 5.32 Å². The average Bonchev–Trinajstić information content (AvgIpc) is 2.56. The molecule has 1 saturated heterocycles. The van der Waals surface area contributed by atoms with Gasteiger partial charge in [-0.05, 0) is 44.0 Å². The number of carbonyl (C=O) groups excluding carboxylic acids is 1. The summed E-state index contributed by atoms with van der Waals surface area (Å²) in [4.78, 5) is 12.5. The van der Waals surface area contributed by atoms with Gasteiger partial charge in [-0.1, -0.05) is 0 Å². The molecule has 0 aliphatic carbocycles. The predicted molar refractivity (Wildman–Crippen MR) is 83.5 cm³/mol. The van der Waals surface area contributed by atoms with Crippen molar-refractivity contribution in [3.8, 4) is 11.5 Å². The highest BCUT2D eigenvalue weighted by Gasteiger charge is 2.20. The van der Waals surface area contributed by atoms with Crippen molar-refractivity contribution in [3.05, 3.63) is 23.8 Å². The van der Waals surface area contributed by atoms with Gasteiger partial charge in [0.2, 0.25) is 0 Å². The Labute approximate surface area is 130 Å². The lowest BCUT2D eigenvalue weighted by Crippen LogP contribution is -2.39. The van der Waals surface area contributed by atoms with E-state index in [2.05, 4.69) is 5.32 Å². The zero-order valence-electron chi connectivity index (χ0n) is 13.0. The molecule has 6 heteroatoms. The van der Waals surface area contributed by atoms with E-state index in [4.69, 9.17) is 19.9 Å². The van der Waals surface area contributed by atoms with Crippen molar-refractivity contribution >= 4 is 5.91 Å². The van der Waals surface area contributed by atoms with Crippen LogP contribution in [0.3, 0.4) is 0 Å². The van der Waals surface area contributed by atoms with Crippen LogP contribution in [-0.2, 0) is 4.74 Å². The number of amides is 1. The van der Waals surface area contributed by atoms with Crippen LogP contribution < -0.4 is 20.5 Å². The Morgan fingerprint density at radius 3 is 2.86 bits per heavy atom. The molecule has 1 heterocycles. The quantitative estimate of drug-likeness (QED) is 0.743. The number of hydrogen-bond donors (Lipinski definition) is 2. The van der Waals surface area contributed by atoms with Crippen LogP contribution in [0.1, 0.15) is 29.6 Å². The van der Waals surface area contributed by atoms with Crippen molar-refractivity contribution in [2.75, 3.05) is 33.5 Å². The van der Waals surface area contributed by atoms with E-state index >= 15 is 0 Å². The van der Waals surface area contributed by atoms with Crippen LogP contribution in [0.2, 0.25) is 0 Å². The van der Waals surface area contributed by atoms with Gasteiger partial charge in [-0.3, -0.25) is 4.79 Å². The highest BCUT2D eigenvalue weighted by atomic mass is 16.5. The third-order valence-corrected chi connectivity index (χ3v) is 3.59. The Morgan fingerprint density at radius 2 is 2.18 bits per heavy atom. The molecule has 122 valence electrons. The van der Waals surface area contributed by atoms with Gasteiger partial charge in [-0.15, -0.1) is 0 Å². The molecule has 6 nitrogen and oxygen atoms in total. The molecule has 22 heavy (non-hydrogen) atoms. The van der Waals surface area contributed by atoms with Crippen LogP contribution in [0, 0.1) is 0 Å². The van der Waals surface area contributed by atoms with Crippen LogP contribution in [-0.4, -0.2) is 45.4 Å². The maximum atomic E-state index is 12.5. The summed E-state index contributed by atoms with van der Waals surface area (Å²) in [7, 11) is 1.57. The maximum Gasteiger partial charge on any atom is 0.255 e. The Morgan fingerprint density at radius 1 is 1.41 bits per heavy atom. The second kappa shape index (κ2) is 8.60. The first-order valence-corrected chi connectivity index (χ1v) is 7.64. The fourth-order valence-electron chi connectivity index (χ4n) is 2.31. The number of hydrogen-bond acceptors (Lipinski definition) is 5. The highest BCUT2D eigenvalue weighted by molar-refractivity contribution is 5.97. The number of rotatable bonds is 7. The Balaban J connectivity index is 2.08. The fourth-order valence-corrected chi connectivity index (χ4v) is 2.31. The molecule has 3 N–H and O–H groups in total. The van der Waals surface area contributed by atoms with E-state index in [1.54, 1.807) is 25.3 Å². The molecular weight excluding hydrogens is 284 g/mol. The lowest BCUT2D eigenvalue weighted by Gasteiger charge is -2.23. The van der Waals surface area contributed by atoms with Gasteiger partial charge in [0.1, 0.15) is 11.5 Å². The molecule has 1 fully saturated rings. The van der Waals surface area contributed by atoms with Gasteiger partial charge in [-0.2, -0.15) is 0 Å². The number of carbonyl (C=O) groups is 1. The van der Waals surface area contributed by atoms with E-state index < -0.39 is 0 Å². The molecule has 0 bridgehead atoms. The van der Waals surface area contributed by atoms with Gasteiger partial charge in [0.15, 0.2) is 0 Å². The van der Waals surface area contributed by atoms with Gasteiger partial charge in [0, 0.05) is 19.3 Å². The summed E-state index contributed by atoms with van der Waals surface area (Å²) in [5.74, 6) is 1.04. The van der Waals surface area contributed by atoms with Crippen LogP contribution in [0.15, 0.2) is 18.2 Å². The van der Waals surface area contributed by atoms with Crippen LogP contribution in [0.5, 0.6) is 11.5 Å². The topological polar surface area (TPSA) is 82.8 Å². The smallest absolute Gasteiger partial charge is 0.255 e. The van der Waals surface area contributed by atoms with Gasteiger partial charge in [0.25, 0.3) is 5.91 Å². The first kappa shape index (κ1) is 16.6. The van der Waals surface area contributed by atoms with Gasteiger partial charge in [-0.25, -0.2) is 0 Å². The summed E-state index contributed by atoms with van der Waals surface area (Å²) in [6.45, 7) is 2.41. The van der Waals surface area contributed by atoms with Crippen molar-refractivity contribution in [3.63, 3.8) is 0 Å². The summed E-state index contributed by atoms with van der Waals surface area (Å²) in [5, 5.41) is 3.04. The summed E-state index contributed by atoms with van der Waals surface area (Å²) >= 11 is 0. The number of ether oxygens (including phenoxy) is 3. The summed E-state index contributed by atoms with van der Waals surface area (Å²) in [5.41, 5.74) is 5.96. The van der Waals surface area contributed by atoms with Crippen molar-refractivity contribution in [1.29, 1.82) is 0 Å². The third kappa shape index (κ3) is 4.61. The van der Waals surface area contributed by atoms with E-state index in [9.17, 15) is 4.79 Å². The molecule has 1 aliphatic rings. The Bertz CT molecular complexity index is 487. The number of benzene rings is 1. The van der Waals surface area contributed by atoms with E-state index in [0.717, 1.165) is 19.3 Å². The molecule has 1 aromatic carbocycles.